The largest absolute Gasteiger partial charge is 0.326 e. The molecular formula is C11H11N3O3S2. The van der Waals surface area contributed by atoms with Crippen molar-refractivity contribution in [3.8, 4) is 11.1 Å². The Hall–Kier alpha value is -1.77. The van der Waals surface area contributed by atoms with E-state index in [0.717, 1.165) is 0 Å². The standard InChI is InChI=1S/C11H11N3O3S2/c1-7(15)14-9-2-3-10(8-5-13-18-6-8)11(4-9)19(12,16)17/h2-6H,1H3,(H,14,15)(H2,12,16,17). The fraction of sp³-hybridized carbons (Fsp3) is 0.0909. The lowest BCUT2D eigenvalue weighted by Crippen LogP contribution is -2.14. The van der Waals surface area contributed by atoms with E-state index < -0.39 is 10.0 Å². The lowest BCUT2D eigenvalue weighted by molar-refractivity contribution is -0.114. The normalized spacial score (nSPS) is 11.3. The number of aromatic nitrogens is 1. The number of anilines is 1. The van der Waals surface area contributed by atoms with Crippen LogP contribution < -0.4 is 10.5 Å². The summed E-state index contributed by atoms with van der Waals surface area (Å²) >= 11 is 1.21. The van der Waals surface area contributed by atoms with Crippen molar-refractivity contribution in [1.82, 2.24) is 4.37 Å². The van der Waals surface area contributed by atoms with Crippen LogP contribution in [-0.2, 0) is 14.8 Å². The van der Waals surface area contributed by atoms with Crippen LogP contribution in [0, 0.1) is 0 Å². The number of nitrogens with two attached hydrogens (primary N) is 1. The van der Waals surface area contributed by atoms with Crippen LogP contribution in [-0.4, -0.2) is 18.7 Å². The Morgan fingerprint density at radius 1 is 1.42 bits per heavy atom. The highest BCUT2D eigenvalue weighted by atomic mass is 32.2. The fourth-order valence-electron chi connectivity index (χ4n) is 1.62. The van der Waals surface area contributed by atoms with E-state index in [1.165, 1.54) is 24.5 Å². The number of carbonyl (C=O) groups excluding carboxylic acids is 1. The molecule has 2 rings (SSSR count). The number of sulfonamides is 1. The van der Waals surface area contributed by atoms with Crippen molar-refractivity contribution in [1.29, 1.82) is 0 Å². The van der Waals surface area contributed by atoms with E-state index in [1.54, 1.807) is 23.7 Å². The van der Waals surface area contributed by atoms with Crippen LogP contribution in [0.2, 0.25) is 0 Å². The minimum atomic E-state index is -3.89. The summed E-state index contributed by atoms with van der Waals surface area (Å²) in [5.74, 6) is -0.287. The number of rotatable bonds is 3. The Morgan fingerprint density at radius 2 is 2.16 bits per heavy atom. The van der Waals surface area contributed by atoms with Gasteiger partial charge in [0, 0.05) is 35.3 Å². The molecule has 1 heterocycles. The minimum Gasteiger partial charge on any atom is -0.326 e. The smallest absolute Gasteiger partial charge is 0.238 e. The van der Waals surface area contributed by atoms with Crippen LogP contribution in [0.3, 0.4) is 0 Å². The molecule has 0 aliphatic carbocycles. The molecule has 0 radical (unpaired) electrons. The lowest BCUT2D eigenvalue weighted by atomic mass is 10.1. The Morgan fingerprint density at radius 3 is 2.68 bits per heavy atom. The number of carbonyl (C=O) groups is 1. The third-order valence-corrected chi connectivity index (χ3v) is 3.89. The number of hydrogen-bond acceptors (Lipinski definition) is 5. The molecule has 0 saturated carbocycles. The number of hydrogen-bond donors (Lipinski definition) is 2. The second kappa shape index (κ2) is 5.08. The van der Waals surface area contributed by atoms with Gasteiger partial charge in [-0.25, -0.2) is 17.9 Å². The molecule has 1 amide bonds. The van der Waals surface area contributed by atoms with Gasteiger partial charge in [-0.2, -0.15) is 0 Å². The minimum absolute atomic E-state index is 0.0426. The molecule has 0 unspecified atom stereocenters. The van der Waals surface area contributed by atoms with Gasteiger partial charge in [0.1, 0.15) is 0 Å². The third kappa shape index (κ3) is 3.16. The molecule has 0 aliphatic rings. The van der Waals surface area contributed by atoms with Crippen LogP contribution >= 0.6 is 11.5 Å². The van der Waals surface area contributed by atoms with Gasteiger partial charge in [-0.3, -0.25) is 4.79 Å². The van der Waals surface area contributed by atoms with Crippen molar-refractivity contribution in [2.75, 3.05) is 5.32 Å². The molecule has 0 bridgehead atoms. The van der Waals surface area contributed by atoms with Crippen molar-refractivity contribution in [3.05, 3.63) is 29.8 Å². The van der Waals surface area contributed by atoms with Crippen LogP contribution in [0.4, 0.5) is 5.69 Å². The summed E-state index contributed by atoms with van der Waals surface area (Å²) in [4.78, 5) is 10.9. The second-order valence-electron chi connectivity index (χ2n) is 3.85. The maximum atomic E-state index is 11.6. The number of amides is 1. The van der Waals surface area contributed by atoms with Gasteiger partial charge < -0.3 is 5.32 Å². The quantitative estimate of drug-likeness (QED) is 0.894. The van der Waals surface area contributed by atoms with Gasteiger partial charge in [0.05, 0.1) is 4.90 Å². The first kappa shape index (κ1) is 13.7. The van der Waals surface area contributed by atoms with Crippen LogP contribution in [0.15, 0.2) is 34.7 Å². The molecule has 0 aliphatic heterocycles. The fourth-order valence-corrected chi connectivity index (χ4v) is 2.94. The van der Waals surface area contributed by atoms with Crippen LogP contribution in [0.1, 0.15) is 6.92 Å². The summed E-state index contributed by atoms with van der Waals surface area (Å²) < 4.78 is 27.2. The molecule has 0 spiro atoms. The monoisotopic (exact) mass is 297 g/mol. The summed E-state index contributed by atoms with van der Waals surface area (Å²) in [6.07, 6.45) is 1.56. The first-order valence-corrected chi connectivity index (χ1v) is 7.60. The Bertz CT molecular complexity index is 709. The molecule has 0 fully saturated rings. The number of nitrogens with one attached hydrogen (secondary N) is 1. The maximum absolute atomic E-state index is 11.6. The van der Waals surface area contributed by atoms with Crippen molar-refractivity contribution in [2.24, 2.45) is 5.14 Å². The average molecular weight is 297 g/mol. The lowest BCUT2D eigenvalue weighted by Gasteiger charge is -2.09. The first-order valence-electron chi connectivity index (χ1n) is 5.22. The average Bonchev–Trinajstić information content (AvgIpc) is 2.80. The van der Waals surface area contributed by atoms with E-state index in [0.29, 0.717) is 16.8 Å². The molecule has 0 atom stereocenters. The zero-order valence-electron chi connectivity index (χ0n) is 9.95. The summed E-state index contributed by atoms with van der Waals surface area (Å²) in [5, 5.41) is 9.45. The van der Waals surface area contributed by atoms with Gasteiger partial charge in [0.15, 0.2) is 0 Å². The van der Waals surface area contributed by atoms with Gasteiger partial charge in [-0.15, -0.1) is 0 Å². The highest BCUT2D eigenvalue weighted by Crippen LogP contribution is 2.29. The molecule has 8 heteroatoms. The van der Waals surface area contributed by atoms with E-state index in [9.17, 15) is 13.2 Å². The maximum Gasteiger partial charge on any atom is 0.238 e. The molecule has 2 aromatic rings. The Balaban J connectivity index is 2.59. The number of nitrogens with zero attached hydrogens (tertiary/aromatic N) is 1. The van der Waals surface area contributed by atoms with Crippen molar-refractivity contribution >= 4 is 33.2 Å². The zero-order chi connectivity index (χ0) is 14.0. The third-order valence-electron chi connectivity index (χ3n) is 2.35. The molecule has 100 valence electrons. The summed E-state index contributed by atoms with van der Waals surface area (Å²) in [6.45, 7) is 1.34. The van der Waals surface area contributed by atoms with Gasteiger partial charge in [0.25, 0.3) is 0 Å². The van der Waals surface area contributed by atoms with Gasteiger partial charge >= 0.3 is 0 Å². The highest BCUT2D eigenvalue weighted by molar-refractivity contribution is 7.89. The predicted molar refractivity (Wildman–Crippen MR) is 73.2 cm³/mol. The van der Waals surface area contributed by atoms with Gasteiger partial charge in [-0.1, -0.05) is 6.07 Å². The molecule has 6 nitrogen and oxygen atoms in total. The van der Waals surface area contributed by atoms with E-state index in [1.807, 2.05) is 0 Å². The SMILES string of the molecule is CC(=O)Nc1ccc(-c2cnsc2)c(S(N)(=O)=O)c1. The van der Waals surface area contributed by atoms with Gasteiger partial charge in [-0.05, 0) is 23.7 Å². The van der Waals surface area contributed by atoms with Crippen molar-refractivity contribution in [3.63, 3.8) is 0 Å². The number of benzene rings is 1. The Labute approximate surface area is 114 Å². The van der Waals surface area contributed by atoms with Crippen molar-refractivity contribution in [2.45, 2.75) is 11.8 Å². The van der Waals surface area contributed by atoms with Crippen LogP contribution in [0.25, 0.3) is 11.1 Å². The molecular weight excluding hydrogens is 286 g/mol. The van der Waals surface area contributed by atoms with E-state index >= 15 is 0 Å². The van der Waals surface area contributed by atoms with E-state index in [-0.39, 0.29) is 10.8 Å². The zero-order valence-corrected chi connectivity index (χ0v) is 11.6. The summed E-state index contributed by atoms with van der Waals surface area (Å²) in [6, 6.07) is 4.54. The summed E-state index contributed by atoms with van der Waals surface area (Å²) in [7, 11) is -3.89. The second-order valence-corrected chi connectivity index (χ2v) is 6.04. The molecule has 1 aromatic carbocycles. The molecule has 0 saturated heterocycles. The van der Waals surface area contributed by atoms with Crippen LogP contribution in [0.5, 0.6) is 0 Å². The van der Waals surface area contributed by atoms with Gasteiger partial charge in [0.2, 0.25) is 15.9 Å². The highest BCUT2D eigenvalue weighted by Gasteiger charge is 2.17. The van der Waals surface area contributed by atoms with E-state index in [4.69, 9.17) is 5.14 Å². The Kier molecular flexibility index (Phi) is 3.65. The van der Waals surface area contributed by atoms with Crippen molar-refractivity contribution < 1.29 is 13.2 Å². The molecule has 1 aromatic heterocycles. The first-order chi connectivity index (χ1) is 8.88. The topological polar surface area (TPSA) is 102 Å². The molecule has 3 N–H and O–H groups in total. The number of primary sulfonamides is 1. The summed E-state index contributed by atoms with van der Waals surface area (Å²) in [5.41, 5.74) is 1.51. The van der Waals surface area contributed by atoms with E-state index in [2.05, 4.69) is 9.69 Å². The molecule has 19 heavy (non-hydrogen) atoms. The predicted octanol–water partition coefficient (Wildman–Crippen LogP) is 1.42.